The highest BCUT2D eigenvalue weighted by molar-refractivity contribution is 14.1. The van der Waals surface area contributed by atoms with Crippen LogP contribution in [0.2, 0.25) is 0 Å². The van der Waals surface area contributed by atoms with Gasteiger partial charge in [-0.25, -0.2) is 4.98 Å². The zero-order valence-electron chi connectivity index (χ0n) is 10.7. The van der Waals surface area contributed by atoms with Crippen molar-refractivity contribution in [2.45, 2.75) is 27.2 Å². The molecule has 0 aliphatic heterocycles. The van der Waals surface area contributed by atoms with Crippen molar-refractivity contribution >= 4 is 22.6 Å². The van der Waals surface area contributed by atoms with Gasteiger partial charge in [-0.2, -0.15) is 0 Å². The van der Waals surface area contributed by atoms with Crippen molar-refractivity contribution in [3.05, 3.63) is 48.9 Å². The van der Waals surface area contributed by atoms with E-state index in [4.69, 9.17) is 0 Å². The standard InChI is InChI=1S/C14H15IN2O/c1-4-11-12(15)14(18)17-13(16-11)10-6-5-8(2)9(3)7-10/h5-7H,4H2,1-3H3,(H,16,17,18). The Morgan fingerprint density at radius 1 is 1.28 bits per heavy atom. The average Bonchev–Trinajstić information content (AvgIpc) is 2.36. The molecule has 0 unspecified atom stereocenters. The molecule has 2 aromatic rings. The van der Waals surface area contributed by atoms with Crippen LogP contribution in [-0.4, -0.2) is 9.97 Å². The summed E-state index contributed by atoms with van der Waals surface area (Å²) in [6.45, 7) is 6.14. The molecule has 18 heavy (non-hydrogen) atoms. The van der Waals surface area contributed by atoms with Crippen LogP contribution >= 0.6 is 22.6 Å². The molecular weight excluding hydrogens is 339 g/mol. The van der Waals surface area contributed by atoms with E-state index in [0.29, 0.717) is 9.39 Å². The van der Waals surface area contributed by atoms with E-state index in [1.54, 1.807) is 0 Å². The van der Waals surface area contributed by atoms with E-state index in [0.717, 1.165) is 17.7 Å². The Morgan fingerprint density at radius 2 is 2.00 bits per heavy atom. The Balaban J connectivity index is 2.60. The van der Waals surface area contributed by atoms with Gasteiger partial charge in [-0.1, -0.05) is 19.1 Å². The third-order valence-corrected chi connectivity index (χ3v) is 4.16. The quantitative estimate of drug-likeness (QED) is 0.842. The summed E-state index contributed by atoms with van der Waals surface area (Å²) in [5.74, 6) is 0.653. The number of aromatic amines is 1. The lowest BCUT2D eigenvalue weighted by molar-refractivity contribution is 0.968. The van der Waals surface area contributed by atoms with Gasteiger partial charge in [0.05, 0.1) is 9.26 Å². The molecule has 0 atom stereocenters. The van der Waals surface area contributed by atoms with Gasteiger partial charge in [-0.3, -0.25) is 4.79 Å². The molecule has 2 rings (SSSR count). The predicted molar refractivity (Wildman–Crippen MR) is 81.9 cm³/mol. The Bertz CT molecular complexity index is 647. The maximum atomic E-state index is 11.8. The van der Waals surface area contributed by atoms with Crippen LogP contribution in [0.25, 0.3) is 11.4 Å². The zero-order valence-corrected chi connectivity index (χ0v) is 12.8. The number of aryl methyl sites for hydroxylation is 3. The van der Waals surface area contributed by atoms with Crippen LogP contribution < -0.4 is 5.56 Å². The molecule has 0 aliphatic rings. The summed E-state index contributed by atoms with van der Waals surface area (Å²) in [5, 5.41) is 0. The third kappa shape index (κ3) is 2.48. The van der Waals surface area contributed by atoms with Crippen molar-refractivity contribution in [2.24, 2.45) is 0 Å². The van der Waals surface area contributed by atoms with Gasteiger partial charge >= 0.3 is 0 Å². The average molecular weight is 354 g/mol. The lowest BCUT2D eigenvalue weighted by atomic mass is 10.1. The fourth-order valence-corrected chi connectivity index (χ4v) is 2.40. The van der Waals surface area contributed by atoms with Crippen LogP contribution in [0, 0.1) is 17.4 Å². The number of hydrogen-bond donors (Lipinski definition) is 1. The molecule has 0 aliphatic carbocycles. The topological polar surface area (TPSA) is 45.8 Å². The van der Waals surface area contributed by atoms with Crippen molar-refractivity contribution in [2.75, 3.05) is 0 Å². The molecule has 0 bridgehead atoms. The van der Waals surface area contributed by atoms with Crippen molar-refractivity contribution in [3.8, 4) is 11.4 Å². The van der Waals surface area contributed by atoms with E-state index in [-0.39, 0.29) is 5.56 Å². The first-order chi connectivity index (χ1) is 8.52. The minimum atomic E-state index is -0.0596. The molecule has 1 aromatic carbocycles. The normalized spacial score (nSPS) is 10.7. The Hall–Kier alpha value is -1.17. The van der Waals surface area contributed by atoms with Crippen LogP contribution in [-0.2, 0) is 6.42 Å². The van der Waals surface area contributed by atoms with Gasteiger partial charge in [0.15, 0.2) is 0 Å². The highest BCUT2D eigenvalue weighted by Gasteiger charge is 2.09. The van der Waals surface area contributed by atoms with Gasteiger partial charge in [0.25, 0.3) is 5.56 Å². The molecule has 0 saturated heterocycles. The number of benzene rings is 1. The van der Waals surface area contributed by atoms with Gasteiger partial charge in [-0.15, -0.1) is 0 Å². The number of hydrogen-bond acceptors (Lipinski definition) is 2. The monoisotopic (exact) mass is 354 g/mol. The van der Waals surface area contributed by atoms with Crippen LogP contribution in [0.15, 0.2) is 23.0 Å². The molecule has 4 heteroatoms. The summed E-state index contributed by atoms with van der Waals surface area (Å²) < 4.78 is 0.683. The van der Waals surface area contributed by atoms with E-state index in [1.807, 2.05) is 41.6 Å². The SMILES string of the molecule is CCc1nc(-c2ccc(C)c(C)c2)[nH]c(=O)c1I. The molecule has 0 radical (unpaired) electrons. The summed E-state index contributed by atoms with van der Waals surface area (Å²) in [4.78, 5) is 19.2. The van der Waals surface area contributed by atoms with Gasteiger partial charge in [0.2, 0.25) is 0 Å². The minimum absolute atomic E-state index is 0.0596. The Kier molecular flexibility index (Phi) is 3.85. The van der Waals surface area contributed by atoms with Crippen LogP contribution in [0.3, 0.4) is 0 Å². The summed E-state index contributed by atoms with van der Waals surface area (Å²) in [6, 6.07) is 6.10. The van der Waals surface area contributed by atoms with Gasteiger partial charge in [-0.05, 0) is 60.1 Å². The highest BCUT2D eigenvalue weighted by atomic mass is 127. The zero-order chi connectivity index (χ0) is 13.3. The lowest BCUT2D eigenvalue weighted by Gasteiger charge is -2.07. The summed E-state index contributed by atoms with van der Waals surface area (Å²) in [7, 11) is 0. The molecule has 0 spiro atoms. The summed E-state index contributed by atoms with van der Waals surface area (Å²) in [6.07, 6.45) is 0.764. The van der Waals surface area contributed by atoms with E-state index < -0.39 is 0 Å². The number of nitrogens with zero attached hydrogens (tertiary/aromatic N) is 1. The predicted octanol–water partition coefficient (Wildman–Crippen LogP) is 3.22. The van der Waals surface area contributed by atoms with Crippen LogP contribution in [0.4, 0.5) is 0 Å². The molecule has 1 N–H and O–H groups in total. The smallest absolute Gasteiger partial charge is 0.264 e. The van der Waals surface area contributed by atoms with E-state index in [1.165, 1.54) is 11.1 Å². The van der Waals surface area contributed by atoms with Crippen molar-refractivity contribution in [3.63, 3.8) is 0 Å². The second-order valence-electron chi connectivity index (χ2n) is 4.33. The molecular formula is C14H15IN2O. The molecule has 1 aromatic heterocycles. The Morgan fingerprint density at radius 3 is 2.61 bits per heavy atom. The number of aromatic nitrogens is 2. The molecule has 1 heterocycles. The Labute approximate surface area is 120 Å². The van der Waals surface area contributed by atoms with Crippen molar-refractivity contribution < 1.29 is 0 Å². The van der Waals surface area contributed by atoms with Crippen LogP contribution in [0.5, 0.6) is 0 Å². The van der Waals surface area contributed by atoms with Crippen LogP contribution in [0.1, 0.15) is 23.7 Å². The van der Waals surface area contributed by atoms with Crippen molar-refractivity contribution in [1.82, 2.24) is 9.97 Å². The summed E-state index contributed by atoms with van der Waals surface area (Å²) in [5.41, 5.74) is 4.19. The number of nitrogens with one attached hydrogen (secondary N) is 1. The fraction of sp³-hybridized carbons (Fsp3) is 0.286. The van der Waals surface area contributed by atoms with Crippen molar-refractivity contribution in [1.29, 1.82) is 0 Å². The fourth-order valence-electron chi connectivity index (χ4n) is 1.77. The number of rotatable bonds is 2. The second-order valence-corrected chi connectivity index (χ2v) is 5.41. The highest BCUT2D eigenvalue weighted by Crippen LogP contribution is 2.19. The van der Waals surface area contributed by atoms with E-state index >= 15 is 0 Å². The first-order valence-corrected chi connectivity index (χ1v) is 6.97. The maximum absolute atomic E-state index is 11.8. The van der Waals surface area contributed by atoms with E-state index in [2.05, 4.69) is 29.9 Å². The number of halogens is 1. The molecule has 3 nitrogen and oxygen atoms in total. The molecule has 0 amide bonds. The molecule has 94 valence electrons. The number of H-pyrrole nitrogens is 1. The maximum Gasteiger partial charge on any atom is 0.264 e. The largest absolute Gasteiger partial charge is 0.306 e. The van der Waals surface area contributed by atoms with Gasteiger partial charge < -0.3 is 4.98 Å². The first-order valence-electron chi connectivity index (χ1n) is 5.89. The van der Waals surface area contributed by atoms with E-state index in [9.17, 15) is 4.79 Å². The second kappa shape index (κ2) is 5.22. The molecule has 0 saturated carbocycles. The van der Waals surface area contributed by atoms with Gasteiger partial charge in [0.1, 0.15) is 5.82 Å². The van der Waals surface area contributed by atoms with Gasteiger partial charge in [0, 0.05) is 5.56 Å². The molecule has 0 fully saturated rings. The first kappa shape index (κ1) is 13.3. The lowest BCUT2D eigenvalue weighted by Crippen LogP contribution is -2.16. The third-order valence-electron chi connectivity index (χ3n) is 3.05. The minimum Gasteiger partial charge on any atom is -0.306 e. The summed E-state index contributed by atoms with van der Waals surface area (Å²) >= 11 is 2.05.